The summed E-state index contributed by atoms with van der Waals surface area (Å²) in [6.45, 7) is 4.49. The van der Waals surface area contributed by atoms with Crippen molar-refractivity contribution in [1.29, 1.82) is 0 Å². The zero-order valence-electron chi connectivity index (χ0n) is 13.5. The Hall–Kier alpha value is -1.75. The molecule has 1 N–H and O–H groups in total. The maximum absolute atomic E-state index is 12.3. The van der Waals surface area contributed by atoms with Crippen LogP contribution in [0, 0.1) is 0 Å². The summed E-state index contributed by atoms with van der Waals surface area (Å²) in [7, 11) is 1.65. The number of likely N-dealkylation sites (tertiary alicyclic amines) is 1. The molecule has 5 nitrogen and oxygen atoms in total. The molecule has 1 fully saturated rings. The Kier molecular flexibility index (Phi) is 6.52. The first kappa shape index (κ1) is 16.6. The van der Waals surface area contributed by atoms with Crippen LogP contribution in [0.25, 0.3) is 0 Å². The van der Waals surface area contributed by atoms with Crippen molar-refractivity contribution in [2.45, 2.75) is 38.8 Å². The number of benzene rings is 1. The predicted molar refractivity (Wildman–Crippen MR) is 86.1 cm³/mol. The molecule has 2 amide bonds. The normalized spacial score (nSPS) is 18.1. The van der Waals surface area contributed by atoms with E-state index < -0.39 is 0 Å². The number of piperidine rings is 1. The second-order valence-electron chi connectivity index (χ2n) is 5.65. The van der Waals surface area contributed by atoms with Gasteiger partial charge in [0.25, 0.3) is 0 Å². The molecule has 122 valence electrons. The first-order valence-electron chi connectivity index (χ1n) is 7.96. The second kappa shape index (κ2) is 8.63. The minimum Gasteiger partial charge on any atom is -0.491 e. The minimum atomic E-state index is 0.0129. The van der Waals surface area contributed by atoms with E-state index in [1.807, 2.05) is 29.2 Å². The first-order chi connectivity index (χ1) is 10.7. The van der Waals surface area contributed by atoms with Crippen molar-refractivity contribution in [2.24, 2.45) is 0 Å². The topological polar surface area (TPSA) is 50.8 Å². The van der Waals surface area contributed by atoms with Gasteiger partial charge in [0.2, 0.25) is 0 Å². The molecular formula is C17H26N2O3. The lowest BCUT2D eigenvalue weighted by molar-refractivity contribution is 0.145. The largest absolute Gasteiger partial charge is 0.491 e. The Morgan fingerprint density at radius 2 is 2.14 bits per heavy atom. The van der Waals surface area contributed by atoms with E-state index in [9.17, 15) is 4.79 Å². The molecule has 1 atom stereocenters. The van der Waals surface area contributed by atoms with Crippen LogP contribution in [-0.2, 0) is 11.3 Å². The summed E-state index contributed by atoms with van der Waals surface area (Å²) in [6.07, 6.45) is 3.39. The third-order valence-electron chi connectivity index (χ3n) is 4.01. The van der Waals surface area contributed by atoms with E-state index in [-0.39, 0.29) is 6.03 Å². The van der Waals surface area contributed by atoms with Crippen molar-refractivity contribution >= 4 is 6.03 Å². The molecule has 0 spiro atoms. The van der Waals surface area contributed by atoms with E-state index in [0.29, 0.717) is 25.8 Å². The van der Waals surface area contributed by atoms with Gasteiger partial charge in [-0.15, -0.1) is 0 Å². The average Bonchev–Trinajstić information content (AvgIpc) is 2.54. The van der Waals surface area contributed by atoms with Crippen LogP contribution < -0.4 is 10.1 Å². The summed E-state index contributed by atoms with van der Waals surface area (Å²) < 4.78 is 10.7. The fourth-order valence-electron chi connectivity index (χ4n) is 2.70. The van der Waals surface area contributed by atoms with Gasteiger partial charge in [0.15, 0.2) is 0 Å². The van der Waals surface area contributed by atoms with Crippen LogP contribution in [0.15, 0.2) is 24.3 Å². The third kappa shape index (κ3) is 4.63. The fraction of sp³-hybridized carbons (Fsp3) is 0.588. The SMILES string of the molecule is COCCOc1ccccc1CNC(=O)N1CCCC[C@H]1C. The van der Waals surface area contributed by atoms with Crippen LogP contribution in [0.5, 0.6) is 5.75 Å². The number of methoxy groups -OCH3 is 1. The van der Waals surface area contributed by atoms with E-state index in [1.54, 1.807) is 7.11 Å². The lowest BCUT2D eigenvalue weighted by Crippen LogP contribution is -2.47. The number of ether oxygens (including phenoxy) is 2. The van der Waals surface area contributed by atoms with Gasteiger partial charge >= 0.3 is 6.03 Å². The highest BCUT2D eigenvalue weighted by molar-refractivity contribution is 5.74. The number of amides is 2. The Labute approximate surface area is 132 Å². The maximum atomic E-state index is 12.3. The van der Waals surface area contributed by atoms with Crippen molar-refractivity contribution in [2.75, 3.05) is 26.9 Å². The molecule has 1 aliphatic rings. The number of carbonyl (C=O) groups excluding carboxylic acids is 1. The Balaban J connectivity index is 1.89. The van der Waals surface area contributed by atoms with Crippen molar-refractivity contribution < 1.29 is 14.3 Å². The van der Waals surface area contributed by atoms with Gasteiger partial charge in [0.05, 0.1) is 6.61 Å². The van der Waals surface area contributed by atoms with Gasteiger partial charge in [-0.2, -0.15) is 0 Å². The van der Waals surface area contributed by atoms with Gasteiger partial charge in [-0.25, -0.2) is 4.79 Å². The molecule has 1 saturated heterocycles. The summed E-state index contributed by atoms with van der Waals surface area (Å²) >= 11 is 0. The molecule has 1 aromatic carbocycles. The molecule has 1 aromatic rings. The molecule has 0 bridgehead atoms. The van der Waals surface area contributed by atoms with E-state index >= 15 is 0 Å². The van der Waals surface area contributed by atoms with Gasteiger partial charge in [-0.3, -0.25) is 0 Å². The van der Waals surface area contributed by atoms with E-state index in [4.69, 9.17) is 9.47 Å². The van der Waals surface area contributed by atoms with Gasteiger partial charge in [-0.1, -0.05) is 18.2 Å². The van der Waals surface area contributed by atoms with Gasteiger partial charge in [0, 0.05) is 31.8 Å². The number of nitrogens with one attached hydrogen (secondary N) is 1. The molecule has 1 aliphatic heterocycles. The minimum absolute atomic E-state index is 0.0129. The van der Waals surface area contributed by atoms with Crippen molar-refractivity contribution in [3.05, 3.63) is 29.8 Å². The van der Waals surface area contributed by atoms with Gasteiger partial charge in [0.1, 0.15) is 12.4 Å². The van der Waals surface area contributed by atoms with Crippen molar-refractivity contribution in [1.82, 2.24) is 10.2 Å². The van der Waals surface area contributed by atoms with Gasteiger partial charge in [-0.05, 0) is 32.3 Å². The fourth-order valence-corrected chi connectivity index (χ4v) is 2.70. The number of urea groups is 1. The van der Waals surface area contributed by atoms with Crippen LogP contribution in [-0.4, -0.2) is 43.8 Å². The second-order valence-corrected chi connectivity index (χ2v) is 5.65. The molecule has 0 aromatic heterocycles. The zero-order chi connectivity index (χ0) is 15.8. The van der Waals surface area contributed by atoms with Crippen molar-refractivity contribution in [3.8, 4) is 5.75 Å². The van der Waals surface area contributed by atoms with Crippen LogP contribution in [0.2, 0.25) is 0 Å². The van der Waals surface area contributed by atoms with Crippen LogP contribution >= 0.6 is 0 Å². The molecule has 0 aliphatic carbocycles. The standard InChI is InChI=1S/C17H26N2O3/c1-14-7-5-6-10-19(14)17(20)18-13-15-8-3-4-9-16(15)22-12-11-21-2/h3-4,8-9,14H,5-7,10-13H2,1-2H3,(H,18,20)/t14-/m1/s1. The molecule has 0 radical (unpaired) electrons. The molecule has 0 saturated carbocycles. The quantitative estimate of drug-likeness (QED) is 0.822. The Morgan fingerprint density at radius 1 is 1.32 bits per heavy atom. The highest BCUT2D eigenvalue weighted by Gasteiger charge is 2.22. The first-order valence-corrected chi connectivity index (χ1v) is 7.96. The molecule has 1 heterocycles. The Morgan fingerprint density at radius 3 is 2.91 bits per heavy atom. The summed E-state index contributed by atoms with van der Waals surface area (Å²) in [5.41, 5.74) is 0.983. The predicted octanol–water partition coefficient (Wildman–Crippen LogP) is 2.80. The molecule has 22 heavy (non-hydrogen) atoms. The lowest BCUT2D eigenvalue weighted by Gasteiger charge is -2.33. The van der Waals surface area contributed by atoms with E-state index in [1.165, 1.54) is 6.42 Å². The number of hydrogen-bond donors (Lipinski definition) is 1. The third-order valence-corrected chi connectivity index (χ3v) is 4.01. The number of nitrogens with zero attached hydrogens (tertiary/aromatic N) is 1. The monoisotopic (exact) mass is 306 g/mol. The number of rotatable bonds is 6. The maximum Gasteiger partial charge on any atom is 0.317 e. The number of carbonyl (C=O) groups is 1. The van der Waals surface area contributed by atoms with Crippen LogP contribution in [0.4, 0.5) is 4.79 Å². The molecular weight excluding hydrogens is 280 g/mol. The molecule has 0 unspecified atom stereocenters. The lowest BCUT2D eigenvalue weighted by atomic mass is 10.0. The number of para-hydroxylation sites is 1. The van der Waals surface area contributed by atoms with Gasteiger partial charge < -0.3 is 19.7 Å². The Bertz CT molecular complexity index is 479. The molecule has 2 rings (SSSR count). The average molecular weight is 306 g/mol. The number of hydrogen-bond acceptors (Lipinski definition) is 3. The van der Waals surface area contributed by atoms with E-state index in [2.05, 4.69) is 12.2 Å². The summed E-state index contributed by atoms with van der Waals surface area (Å²) in [5, 5.41) is 3.01. The van der Waals surface area contributed by atoms with Crippen LogP contribution in [0.1, 0.15) is 31.7 Å². The summed E-state index contributed by atoms with van der Waals surface area (Å²) in [5.74, 6) is 0.798. The van der Waals surface area contributed by atoms with Crippen LogP contribution in [0.3, 0.4) is 0 Å². The summed E-state index contributed by atoms with van der Waals surface area (Å²) in [6, 6.07) is 8.11. The molecule has 5 heteroatoms. The summed E-state index contributed by atoms with van der Waals surface area (Å²) in [4.78, 5) is 14.2. The van der Waals surface area contributed by atoms with E-state index in [0.717, 1.165) is 30.7 Å². The zero-order valence-corrected chi connectivity index (χ0v) is 13.5. The smallest absolute Gasteiger partial charge is 0.317 e. The highest BCUT2D eigenvalue weighted by Crippen LogP contribution is 2.19. The van der Waals surface area contributed by atoms with Crippen molar-refractivity contribution in [3.63, 3.8) is 0 Å². The highest BCUT2D eigenvalue weighted by atomic mass is 16.5.